The van der Waals surface area contributed by atoms with Crippen molar-refractivity contribution < 1.29 is 18.3 Å². The van der Waals surface area contributed by atoms with Crippen molar-refractivity contribution in [3.05, 3.63) is 28.2 Å². The molecule has 2 atom stereocenters. The summed E-state index contributed by atoms with van der Waals surface area (Å²) in [5, 5.41) is 9.04. The second-order valence-corrected chi connectivity index (χ2v) is 7.79. The fraction of sp³-hybridized carbons (Fsp3) is 0.500. The van der Waals surface area contributed by atoms with Crippen molar-refractivity contribution in [3.63, 3.8) is 0 Å². The topological polar surface area (TPSA) is 83.5 Å². The smallest absolute Gasteiger partial charge is 0.336 e. The summed E-state index contributed by atoms with van der Waals surface area (Å²) in [5.41, 5.74) is -0.0764. The first kappa shape index (κ1) is 18.1. The van der Waals surface area contributed by atoms with Crippen molar-refractivity contribution >= 4 is 31.9 Å². The highest BCUT2D eigenvalue weighted by molar-refractivity contribution is 9.10. The number of hydrogen-bond donors (Lipinski definition) is 2. The molecule has 5 nitrogen and oxygen atoms in total. The summed E-state index contributed by atoms with van der Waals surface area (Å²) in [6.45, 7) is 5.92. The van der Waals surface area contributed by atoms with E-state index in [9.17, 15) is 13.2 Å². The Labute approximate surface area is 133 Å². The summed E-state index contributed by atoms with van der Waals surface area (Å²) in [4.78, 5) is 11.0. The maximum Gasteiger partial charge on any atom is 0.336 e. The number of nitrogens with one attached hydrogen (secondary N) is 1. The summed E-state index contributed by atoms with van der Waals surface area (Å²) >= 11 is 3.09. The molecule has 0 aliphatic carbocycles. The zero-order chi connectivity index (χ0) is 16.2. The van der Waals surface area contributed by atoms with Gasteiger partial charge in [0.1, 0.15) is 0 Å². The molecule has 0 spiro atoms. The normalized spacial score (nSPS) is 14.7. The molecule has 0 radical (unpaired) electrons. The Morgan fingerprint density at radius 1 is 1.38 bits per heavy atom. The van der Waals surface area contributed by atoms with Crippen LogP contribution in [0.2, 0.25) is 0 Å². The number of sulfonamides is 1. The lowest BCUT2D eigenvalue weighted by Crippen LogP contribution is -2.33. The third-order valence-corrected chi connectivity index (χ3v) is 5.57. The van der Waals surface area contributed by atoms with E-state index < -0.39 is 16.0 Å². The summed E-state index contributed by atoms with van der Waals surface area (Å²) in [5.74, 6) is -0.756. The lowest BCUT2D eigenvalue weighted by molar-refractivity contribution is 0.0695. The quantitative estimate of drug-likeness (QED) is 0.763. The minimum absolute atomic E-state index is 0.0425. The monoisotopic (exact) mass is 377 g/mol. The van der Waals surface area contributed by atoms with Crippen molar-refractivity contribution in [1.82, 2.24) is 4.72 Å². The average molecular weight is 378 g/mol. The van der Waals surface area contributed by atoms with Crippen molar-refractivity contribution in [2.75, 3.05) is 0 Å². The number of aromatic carboxylic acids is 1. The zero-order valence-electron chi connectivity index (χ0n) is 12.3. The second-order valence-electron chi connectivity index (χ2n) is 5.22. The predicted octanol–water partition coefficient (Wildman–Crippen LogP) is 3.25. The largest absolute Gasteiger partial charge is 0.478 e. The fourth-order valence-corrected chi connectivity index (χ4v) is 3.69. The van der Waals surface area contributed by atoms with Crippen LogP contribution < -0.4 is 4.72 Å². The molecule has 0 aliphatic rings. The molecule has 1 aromatic rings. The third-order valence-electron chi connectivity index (χ3n) is 3.29. The van der Waals surface area contributed by atoms with Crippen LogP contribution in [0.5, 0.6) is 0 Å². The third kappa shape index (κ3) is 5.09. The van der Waals surface area contributed by atoms with E-state index >= 15 is 0 Å². The highest BCUT2D eigenvalue weighted by Crippen LogP contribution is 2.21. The highest BCUT2D eigenvalue weighted by atomic mass is 79.9. The van der Waals surface area contributed by atoms with Crippen LogP contribution in [-0.4, -0.2) is 25.5 Å². The van der Waals surface area contributed by atoms with E-state index in [0.717, 1.165) is 18.9 Å². The van der Waals surface area contributed by atoms with Gasteiger partial charge in [-0.05, 0) is 53.4 Å². The van der Waals surface area contributed by atoms with Crippen LogP contribution in [-0.2, 0) is 10.0 Å². The Hall–Kier alpha value is -0.920. The summed E-state index contributed by atoms with van der Waals surface area (Å²) in [6, 6.07) is 3.76. The molecule has 1 aromatic carbocycles. The number of hydrogen-bond acceptors (Lipinski definition) is 3. The van der Waals surface area contributed by atoms with Gasteiger partial charge in [0.05, 0.1) is 10.5 Å². The fourth-order valence-electron chi connectivity index (χ4n) is 1.99. The molecule has 0 fully saturated rings. The second kappa shape index (κ2) is 7.38. The van der Waals surface area contributed by atoms with Gasteiger partial charge in [0.25, 0.3) is 0 Å². The van der Waals surface area contributed by atoms with Gasteiger partial charge in [0.2, 0.25) is 10.0 Å². The minimum Gasteiger partial charge on any atom is -0.478 e. The summed E-state index contributed by atoms with van der Waals surface area (Å²) < 4.78 is 27.5. The maximum atomic E-state index is 12.3. The molecule has 0 saturated heterocycles. The van der Waals surface area contributed by atoms with Gasteiger partial charge < -0.3 is 5.11 Å². The molecule has 1 rings (SSSR count). The Morgan fingerprint density at radius 2 is 2.00 bits per heavy atom. The molecule has 118 valence electrons. The van der Waals surface area contributed by atoms with E-state index in [1.807, 2.05) is 0 Å². The molecular weight excluding hydrogens is 358 g/mol. The van der Waals surface area contributed by atoms with E-state index in [-0.39, 0.29) is 16.5 Å². The van der Waals surface area contributed by atoms with Gasteiger partial charge in [-0.25, -0.2) is 17.9 Å². The summed E-state index contributed by atoms with van der Waals surface area (Å²) in [6.07, 6.45) is 1.71. The maximum absolute atomic E-state index is 12.3. The van der Waals surface area contributed by atoms with Crippen LogP contribution in [0.3, 0.4) is 0 Å². The van der Waals surface area contributed by atoms with Gasteiger partial charge in [-0.1, -0.05) is 20.3 Å². The Morgan fingerprint density at radius 3 is 2.52 bits per heavy atom. The molecule has 0 heterocycles. The van der Waals surface area contributed by atoms with Gasteiger partial charge in [0, 0.05) is 10.5 Å². The molecule has 21 heavy (non-hydrogen) atoms. The molecular formula is C14H20BrNO4S. The van der Waals surface area contributed by atoms with Gasteiger partial charge >= 0.3 is 5.97 Å². The first-order valence-corrected chi connectivity index (χ1v) is 9.00. The van der Waals surface area contributed by atoms with Crippen molar-refractivity contribution in [3.8, 4) is 0 Å². The molecule has 0 amide bonds. The molecule has 0 bridgehead atoms. The highest BCUT2D eigenvalue weighted by Gasteiger charge is 2.21. The van der Waals surface area contributed by atoms with Crippen LogP contribution in [0.15, 0.2) is 27.6 Å². The van der Waals surface area contributed by atoms with E-state index in [1.54, 1.807) is 6.92 Å². The Balaban J connectivity index is 2.98. The lowest BCUT2D eigenvalue weighted by atomic mass is 10.0. The van der Waals surface area contributed by atoms with Gasteiger partial charge in [-0.3, -0.25) is 0 Å². The van der Waals surface area contributed by atoms with E-state index in [1.165, 1.54) is 12.1 Å². The van der Waals surface area contributed by atoms with E-state index in [4.69, 9.17) is 5.11 Å². The number of carboxylic acids is 1. The SMILES string of the molecule is CCC(C)CC(C)NS(=O)(=O)c1ccc(Br)c(C(=O)O)c1. The predicted molar refractivity (Wildman–Crippen MR) is 85.0 cm³/mol. The Kier molecular flexibility index (Phi) is 6.37. The summed E-state index contributed by atoms with van der Waals surface area (Å²) in [7, 11) is -3.72. The zero-order valence-corrected chi connectivity index (χ0v) is 14.7. The van der Waals surface area contributed by atoms with Crippen LogP contribution in [0.1, 0.15) is 44.0 Å². The molecule has 0 saturated carbocycles. The number of carboxylic acid groups (broad SMARTS) is 1. The first-order chi connectivity index (χ1) is 9.67. The van der Waals surface area contributed by atoms with Gasteiger partial charge in [0.15, 0.2) is 0 Å². The number of halogens is 1. The van der Waals surface area contributed by atoms with Crippen molar-refractivity contribution in [1.29, 1.82) is 0 Å². The Bertz CT molecular complexity index is 615. The molecule has 7 heteroatoms. The van der Waals surface area contributed by atoms with Gasteiger partial charge in [-0.15, -0.1) is 0 Å². The van der Waals surface area contributed by atoms with Crippen LogP contribution in [0, 0.1) is 5.92 Å². The van der Waals surface area contributed by atoms with E-state index in [2.05, 4.69) is 34.5 Å². The van der Waals surface area contributed by atoms with Crippen LogP contribution in [0.25, 0.3) is 0 Å². The van der Waals surface area contributed by atoms with Crippen molar-refractivity contribution in [2.24, 2.45) is 5.92 Å². The standard InChI is InChI=1S/C14H20BrNO4S/c1-4-9(2)7-10(3)16-21(19,20)11-5-6-13(15)12(8-11)14(17)18/h5-6,8-10,16H,4,7H2,1-3H3,(H,17,18). The molecule has 2 N–H and O–H groups in total. The van der Waals surface area contributed by atoms with Crippen LogP contribution >= 0.6 is 15.9 Å². The van der Waals surface area contributed by atoms with Crippen LogP contribution in [0.4, 0.5) is 0 Å². The van der Waals surface area contributed by atoms with Crippen molar-refractivity contribution in [2.45, 2.75) is 44.6 Å². The first-order valence-electron chi connectivity index (χ1n) is 6.72. The molecule has 0 aromatic heterocycles. The van der Waals surface area contributed by atoms with Gasteiger partial charge in [-0.2, -0.15) is 0 Å². The minimum atomic E-state index is -3.72. The number of benzene rings is 1. The number of carbonyl (C=O) groups is 1. The number of rotatable bonds is 7. The molecule has 0 aliphatic heterocycles. The average Bonchev–Trinajstić information content (AvgIpc) is 2.37. The van der Waals surface area contributed by atoms with E-state index in [0.29, 0.717) is 10.4 Å². The lowest BCUT2D eigenvalue weighted by Gasteiger charge is -2.17. The molecule has 2 unspecified atom stereocenters.